The molecule has 0 atom stereocenters. The predicted octanol–water partition coefficient (Wildman–Crippen LogP) is 3.95. The van der Waals surface area contributed by atoms with Crippen molar-refractivity contribution in [3.05, 3.63) is 52.3 Å². The third-order valence-corrected chi connectivity index (χ3v) is 7.59. The molecular formula is C21H25BrN4O3S. The average molecular weight is 493 g/mol. The van der Waals surface area contributed by atoms with Crippen molar-refractivity contribution in [2.24, 2.45) is 0 Å². The molecule has 0 fully saturated rings. The molecule has 0 bridgehead atoms. The summed E-state index contributed by atoms with van der Waals surface area (Å²) in [4.78, 5) is 17.2. The van der Waals surface area contributed by atoms with Crippen molar-refractivity contribution in [2.45, 2.75) is 38.1 Å². The predicted molar refractivity (Wildman–Crippen MR) is 122 cm³/mol. The molecule has 1 amide bonds. The minimum Gasteiger partial charge on any atom is -0.328 e. The standard InChI is InChI=1S/C21H25BrN4O3S/c1-5-26-19-9-8-16(30(28,29)25(3)4)13-18(19)24-20(26)10-11-21(27)23-15-7-6-14(2)17(22)12-15/h6-9,12-13H,5,10-11H2,1-4H3,(H,23,27). The fourth-order valence-corrected chi connectivity index (χ4v) is 4.49. The van der Waals surface area contributed by atoms with Gasteiger partial charge in [0, 0.05) is 43.6 Å². The van der Waals surface area contributed by atoms with Crippen molar-refractivity contribution in [2.75, 3.05) is 19.4 Å². The summed E-state index contributed by atoms with van der Waals surface area (Å²) < 4.78 is 28.9. The molecule has 7 nitrogen and oxygen atoms in total. The van der Waals surface area contributed by atoms with E-state index in [2.05, 4.69) is 26.2 Å². The Balaban J connectivity index is 1.79. The van der Waals surface area contributed by atoms with E-state index in [1.54, 1.807) is 18.2 Å². The van der Waals surface area contributed by atoms with E-state index in [4.69, 9.17) is 0 Å². The van der Waals surface area contributed by atoms with Gasteiger partial charge in [0.15, 0.2) is 0 Å². The van der Waals surface area contributed by atoms with Gasteiger partial charge in [-0.2, -0.15) is 0 Å². The van der Waals surface area contributed by atoms with Gasteiger partial charge in [-0.25, -0.2) is 17.7 Å². The van der Waals surface area contributed by atoms with Gasteiger partial charge < -0.3 is 9.88 Å². The smallest absolute Gasteiger partial charge is 0.242 e. The fourth-order valence-electron chi connectivity index (χ4n) is 3.19. The summed E-state index contributed by atoms with van der Waals surface area (Å²) in [7, 11) is -0.528. The van der Waals surface area contributed by atoms with Crippen LogP contribution in [0, 0.1) is 6.92 Å². The van der Waals surface area contributed by atoms with E-state index in [0.29, 0.717) is 18.5 Å². The normalized spacial score (nSPS) is 11.9. The monoisotopic (exact) mass is 492 g/mol. The van der Waals surface area contributed by atoms with E-state index in [9.17, 15) is 13.2 Å². The molecule has 0 aliphatic rings. The number of carbonyl (C=O) groups excluding carboxylic acids is 1. The van der Waals surface area contributed by atoms with E-state index < -0.39 is 10.0 Å². The zero-order valence-electron chi connectivity index (χ0n) is 17.4. The average Bonchev–Trinajstić information content (AvgIpc) is 3.05. The van der Waals surface area contributed by atoms with Gasteiger partial charge in [0.1, 0.15) is 5.82 Å². The lowest BCUT2D eigenvalue weighted by atomic mass is 10.2. The van der Waals surface area contributed by atoms with Crippen LogP contribution in [0.3, 0.4) is 0 Å². The number of anilines is 1. The molecule has 1 N–H and O–H groups in total. The Morgan fingerprint density at radius 3 is 2.57 bits per heavy atom. The second-order valence-corrected chi connectivity index (χ2v) is 10.2. The van der Waals surface area contributed by atoms with Gasteiger partial charge in [-0.3, -0.25) is 4.79 Å². The largest absolute Gasteiger partial charge is 0.328 e. The lowest BCUT2D eigenvalue weighted by Crippen LogP contribution is -2.22. The number of imidazole rings is 1. The molecule has 0 spiro atoms. The Hall–Kier alpha value is -2.23. The number of hydrogen-bond acceptors (Lipinski definition) is 4. The van der Waals surface area contributed by atoms with Crippen molar-refractivity contribution in [3.8, 4) is 0 Å². The lowest BCUT2D eigenvalue weighted by molar-refractivity contribution is -0.116. The number of nitrogens with one attached hydrogen (secondary N) is 1. The molecule has 1 heterocycles. The number of amides is 1. The topological polar surface area (TPSA) is 84.3 Å². The maximum absolute atomic E-state index is 12.4. The Morgan fingerprint density at radius 1 is 1.20 bits per heavy atom. The number of rotatable bonds is 7. The van der Waals surface area contributed by atoms with Crippen LogP contribution in [0.1, 0.15) is 24.7 Å². The highest BCUT2D eigenvalue weighted by atomic mass is 79.9. The molecule has 9 heteroatoms. The molecule has 160 valence electrons. The van der Waals surface area contributed by atoms with Gasteiger partial charge in [0.2, 0.25) is 15.9 Å². The number of fused-ring (bicyclic) bond motifs is 1. The molecule has 30 heavy (non-hydrogen) atoms. The number of hydrogen-bond donors (Lipinski definition) is 1. The Bertz CT molecular complexity index is 1200. The number of carbonyl (C=O) groups is 1. The molecule has 0 saturated carbocycles. The first-order valence-electron chi connectivity index (χ1n) is 9.61. The number of nitrogens with zero attached hydrogens (tertiary/aromatic N) is 3. The van der Waals surface area contributed by atoms with Gasteiger partial charge in [-0.05, 0) is 49.7 Å². The molecule has 0 radical (unpaired) electrons. The summed E-state index contributed by atoms with van der Waals surface area (Å²) in [5.41, 5.74) is 3.30. The molecule has 2 aromatic carbocycles. The van der Waals surface area contributed by atoms with Crippen LogP contribution in [0.25, 0.3) is 11.0 Å². The van der Waals surface area contributed by atoms with E-state index >= 15 is 0 Å². The van der Waals surface area contributed by atoms with Crippen molar-refractivity contribution < 1.29 is 13.2 Å². The molecule has 0 aliphatic carbocycles. The Kier molecular flexibility index (Phi) is 6.64. The number of aryl methyl sites for hydroxylation is 3. The first-order valence-corrected chi connectivity index (χ1v) is 11.8. The summed E-state index contributed by atoms with van der Waals surface area (Å²) >= 11 is 3.47. The molecule has 0 saturated heterocycles. The van der Waals surface area contributed by atoms with E-state index in [1.807, 2.05) is 36.6 Å². The summed E-state index contributed by atoms with van der Waals surface area (Å²) in [6.45, 7) is 4.66. The van der Waals surface area contributed by atoms with E-state index in [0.717, 1.165) is 27.1 Å². The lowest BCUT2D eigenvalue weighted by Gasteiger charge is -2.11. The van der Waals surface area contributed by atoms with Gasteiger partial charge in [-0.1, -0.05) is 22.0 Å². The second kappa shape index (κ2) is 8.87. The summed E-state index contributed by atoms with van der Waals surface area (Å²) in [6, 6.07) is 10.6. The Labute approximate surface area is 185 Å². The van der Waals surface area contributed by atoms with Gasteiger partial charge in [0.05, 0.1) is 15.9 Å². The van der Waals surface area contributed by atoms with Crippen LogP contribution < -0.4 is 5.32 Å². The van der Waals surface area contributed by atoms with Gasteiger partial charge in [-0.15, -0.1) is 0 Å². The molecule has 3 rings (SSSR count). The van der Waals surface area contributed by atoms with Crippen molar-refractivity contribution >= 4 is 48.6 Å². The van der Waals surface area contributed by atoms with Crippen LogP contribution in [0.15, 0.2) is 45.8 Å². The Morgan fingerprint density at radius 2 is 1.93 bits per heavy atom. The van der Waals surface area contributed by atoms with E-state index in [-0.39, 0.29) is 17.2 Å². The van der Waals surface area contributed by atoms with Crippen LogP contribution in [0.4, 0.5) is 5.69 Å². The zero-order chi connectivity index (χ0) is 22.1. The SMILES string of the molecule is CCn1c(CCC(=O)Nc2ccc(C)c(Br)c2)nc2cc(S(=O)(=O)N(C)C)ccc21. The first-order chi connectivity index (χ1) is 14.1. The van der Waals surface area contributed by atoms with Gasteiger partial charge in [0.25, 0.3) is 0 Å². The summed E-state index contributed by atoms with van der Waals surface area (Å²) in [5.74, 6) is 0.656. The highest BCUT2D eigenvalue weighted by Crippen LogP contribution is 2.23. The quantitative estimate of drug-likeness (QED) is 0.540. The first kappa shape index (κ1) is 22.5. The second-order valence-electron chi connectivity index (χ2n) is 7.22. The van der Waals surface area contributed by atoms with Crippen molar-refractivity contribution in [3.63, 3.8) is 0 Å². The highest BCUT2D eigenvalue weighted by molar-refractivity contribution is 9.10. The highest BCUT2D eigenvalue weighted by Gasteiger charge is 2.19. The van der Waals surface area contributed by atoms with Crippen LogP contribution >= 0.6 is 15.9 Å². The van der Waals surface area contributed by atoms with E-state index in [1.165, 1.54) is 18.4 Å². The fraction of sp³-hybridized carbons (Fsp3) is 0.333. The van der Waals surface area contributed by atoms with Crippen LogP contribution in [0.5, 0.6) is 0 Å². The zero-order valence-corrected chi connectivity index (χ0v) is 19.8. The van der Waals surface area contributed by atoms with Crippen LogP contribution in [-0.4, -0.2) is 42.3 Å². The molecule has 1 aromatic heterocycles. The third-order valence-electron chi connectivity index (χ3n) is 4.92. The van der Waals surface area contributed by atoms with Crippen LogP contribution in [-0.2, 0) is 27.8 Å². The molecule has 3 aromatic rings. The molecule has 0 unspecified atom stereocenters. The van der Waals surface area contributed by atoms with Crippen molar-refractivity contribution in [1.82, 2.24) is 13.9 Å². The minimum absolute atomic E-state index is 0.101. The maximum atomic E-state index is 12.4. The van der Waals surface area contributed by atoms with Crippen LogP contribution in [0.2, 0.25) is 0 Å². The number of benzene rings is 2. The number of halogens is 1. The molecular weight excluding hydrogens is 468 g/mol. The van der Waals surface area contributed by atoms with Crippen molar-refractivity contribution in [1.29, 1.82) is 0 Å². The minimum atomic E-state index is -3.53. The number of aromatic nitrogens is 2. The number of sulfonamides is 1. The summed E-state index contributed by atoms with van der Waals surface area (Å²) in [5, 5.41) is 2.90. The third kappa shape index (κ3) is 4.58. The molecule has 0 aliphatic heterocycles. The maximum Gasteiger partial charge on any atom is 0.242 e. The van der Waals surface area contributed by atoms with Gasteiger partial charge >= 0.3 is 0 Å². The summed E-state index contributed by atoms with van der Waals surface area (Å²) in [6.07, 6.45) is 0.731.